The first-order chi connectivity index (χ1) is 18.9. The second kappa shape index (κ2) is 13.7. The summed E-state index contributed by atoms with van der Waals surface area (Å²) in [6, 6.07) is 19.3. The van der Waals surface area contributed by atoms with E-state index in [4.69, 9.17) is 16.3 Å². The Labute approximate surface area is 241 Å². The van der Waals surface area contributed by atoms with E-state index in [1.54, 1.807) is 31.2 Å². The molecule has 214 valence electrons. The van der Waals surface area contributed by atoms with Crippen molar-refractivity contribution in [1.82, 2.24) is 10.2 Å². The highest BCUT2D eigenvalue weighted by atomic mass is 35.5. The molecule has 3 aromatic carbocycles. The Morgan fingerprint density at radius 2 is 1.62 bits per heavy atom. The number of aryl methyl sites for hydroxylation is 1. The zero-order valence-electron chi connectivity index (χ0n) is 23.4. The quantitative estimate of drug-likeness (QED) is 0.321. The molecule has 10 heteroatoms. The molecule has 1 N–H and O–H groups in total. The second-order valence-corrected chi connectivity index (χ2v) is 12.3. The predicted molar refractivity (Wildman–Crippen MR) is 158 cm³/mol. The summed E-state index contributed by atoms with van der Waals surface area (Å²) in [4.78, 5) is 28.5. The van der Waals surface area contributed by atoms with Gasteiger partial charge < -0.3 is 15.0 Å². The molecule has 0 spiro atoms. The Hall–Kier alpha value is -3.56. The number of rotatable bonds is 12. The maximum Gasteiger partial charge on any atom is 0.264 e. The molecule has 3 rings (SSSR count). The van der Waals surface area contributed by atoms with Crippen LogP contribution in [0.3, 0.4) is 0 Å². The lowest BCUT2D eigenvalue weighted by atomic mass is 10.1. The minimum absolute atomic E-state index is 0.00487. The van der Waals surface area contributed by atoms with E-state index in [0.717, 1.165) is 15.4 Å². The van der Waals surface area contributed by atoms with Gasteiger partial charge in [-0.25, -0.2) is 8.42 Å². The van der Waals surface area contributed by atoms with Gasteiger partial charge in [-0.1, -0.05) is 73.5 Å². The minimum Gasteiger partial charge on any atom is -0.495 e. The van der Waals surface area contributed by atoms with Gasteiger partial charge in [0.05, 0.1) is 17.7 Å². The van der Waals surface area contributed by atoms with Crippen molar-refractivity contribution in [2.75, 3.05) is 24.5 Å². The fraction of sp³-hybridized carbons (Fsp3) is 0.333. The van der Waals surface area contributed by atoms with Gasteiger partial charge in [0.1, 0.15) is 18.3 Å². The minimum atomic E-state index is -4.24. The van der Waals surface area contributed by atoms with Crippen molar-refractivity contribution in [3.05, 3.63) is 88.9 Å². The summed E-state index contributed by atoms with van der Waals surface area (Å²) >= 11 is 6.27. The fourth-order valence-electron chi connectivity index (χ4n) is 4.02. The number of halogens is 1. The Morgan fingerprint density at radius 1 is 0.975 bits per heavy atom. The molecule has 0 fully saturated rings. The number of methoxy groups -OCH3 is 1. The van der Waals surface area contributed by atoms with E-state index in [1.807, 2.05) is 51.1 Å². The van der Waals surface area contributed by atoms with Crippen molar-refractivity contribution in [3.63, 3.8) is 0 Å². The molecule has 0 saturated heterocycles. The zero-order valence-corrected chi connectivity index (χ0v) is 25.0. The third-order valence-corrected chi connectivity index (χ3v) is 8.35. The number of anilines is 1. The smallest absolute Gasteiger partial charge is 0.264 e. The molecular formula is C30H36ClN3O5S. The van der Waals surface area contributed by atoms with Crippen LogP contribution >= 0.6 is 11.6 Å². The molecule has 3 aromatic rings. The van der Waals surface area contributed by atoms with E-state index >= 15 is 0 Å². The average Bonchev–Trinajstić information content (AvgIpc) is 2.93. The predicted octanol–water partition coefficient (Wildman–Crippen LogP) is 5.04. The Morgan fingerprint density at radius 3 is 2.23 bits per heavy atom. The van der Waals surface area contributed by atoms with E-state index in [1.165, 1.54) is 30.2 Å². The van der Waals surface area contributed by atoms with Crippen LogP contribution in [0.4, 0.5) is 5.69 Å². The molecule has 0 heterocycles. The van der Waals surface area contributed by atoms with Crippen LogP contribution in [0.25, 0.3) is 0 Å². The molecule has 0 bridgehead atoms. The topological polar surface area (TPSA) is 96.0 Å². The number of ether oxygens (including phenoxy) is 1. The summed E-state index contributed by atoms with van der Waals surface area (Å²) in [5, 5.41) is 3.15. The molecule has 1 unspecified atom stereocenters. The van der Waals surface area contributed by atoms with Crippen LogP contribution in [-0.2, 0) is 26.2 Å². The molecular weight excluding hydrogens is 550 g/mol. The number of amides is 2. The molecule has 0 aliphatic carbocycles. The molecule has 0 aromatic heterocycles. The lowest BCUT2D eigenvalue weighted by Crippen LogP contribution is -2.51. The second-order valence-electron chi connectivity index (χ2n) is 9.96. The van der Waals surface area contributed by atoms with Crippen LogP contribution < -0.4 is 14.4 Å². The summed E-state index contributed by atoms with van der Waals surface area (Å²) in [5.41, 5.74) is 1.80. The number of nitrogens with one attached hydrogen (secondary N) is 1. The monoisotopic (exact) mass is 585 g/mol. The number of hydrogen-bond acceptors (Lipinski definition) is 5. The van der Waals surface area contributed by atoms with E-state index < -0.39 is 28.5 Å². The molecule has 40 heavy (non-hydrogen) atoms. The highest BCUT2D eigenvalue weighted by Gasteiger charge is 2.34. The van der Waals surface area contributed by atoms with Crippen molar-refractivity contribution in [1.29, 1.82) is 0 Å². The molecule has 2 amide bonds. The van der Waals surface area contributed by atoms with Crippen molar-refractivity contribution in [2.45, 2.75) is 45.2 Å². The maximum absolute atomic E-state index is 14.0. The molecule has 1 atom stereocenters. The van der Waals surface area contributed by atoms with Gasteiger partial charge in [0.2, 0.25) is 11.8 Å². The summed E-state index contributed by atoms with van der Waals surface area (Å²) in [6.45, 7) is 7.42. The summed E-state index contributed by atoms with van der Waals surface area (Å²) in [5.74, 6) is -0.440. The first-order valence-electron chi connectivity index (χ1n) is 13.0. The third-order valence-electron chi connectivity index (χ3n) is 6.35. The first kappa shape index (κ1) is 31.0. The number of sulfonamides is 1. The number of hydrogen-bond donors (Lipinski definition) is 1. The standard InChI is InChI=1S/C30H36ClN3O5S/c1-21(2)18-32-30(36)23(4)33(19-24-9-7-6-8-10-24)29(35)20-34(27-17-25(31)13-16-28(27)39-5)40(37,38)26-14-11-22(3)12-15-26/h6-17,21,23H,18-20H2,1-5H3,(H,32,36). The van der Waals surface area contributed by atoms with Gasteiger partial charge in [0.25, 0.3) is 10.0 Å². The number of carbonyl (C=O) groups excluding carboxylic acids is 2. The van der Waals surface area contributed by atoms with Gasteiger partial charge in [-0.2, -0.15) is 0 Å². The molecule has 0 aliphatic rings. The van der Waals surface area contributed by atoms with Crippen molar-refractivity contribution in [3.8, 4) is 5.75 Å². The highest BCUT2D eigenvalue weighted by Crippen LogP contribution is 2.35. The normalized spacial score (nSPS) is 12.1. The molecule has 0 aliphatic heterocycles. The van der Waals surface area contributed by atoms with Crippen molar-refractivity contribution >= 4 is 39.1 Å². The van der Waals surface area contributed by atoms with Gasteiger partial charge in [-0.15, -0.1) is 0 Å². The Bertz CT molecular complexity index is 1410. The van der Waals surface area contributed by atoms with E-state index in [0.29, 0.717) is 6.54 Å². The summed E-state index contributed by atoms with van der Waals surface area (Å²) in [6.07, 6.45) is 0. The van der Waals surface area contributed by atoms with Crippen LogP contribution in [-0.4, -0.2) is 51.4 Å². The maximum atomic E-state index is 14.0. The Balaban J connectivity index is 2.07. The van der Waals surface area contributed by atoms with E-state index in [2.05, 4.69) is 5.32 Å². The zero-order chi connectivity index (χ0) is 29.4. The third kappa shape index (κ3) is 7.76. The van der Waals surface area contributed by atoms with Crippen molar-refractivity contribution < 1.29 is 22.7 Å². The van der Waals surface area contributed by atoms with E-state index in [9.17, 15) is 18.0 Å². The lowest BCUT2D eigenvalue weighted by Gasteiger charge is -2.32. The number of nitrogens with zero attached hydrogens (tertiary/aromatic N) is 2. The van der Waals surface area contributed by atoms with Gasteiger partial charge >= 0.3 is 0 Å². The summed E-state index contributed by atoms with van der Waals surface area (Å²) in [7, 11) is -2.83. The first-order valence-corrected chi connectivity index (χ1v) is 14.8. The highest BCUT2D eigenvalue weighted by molar-refractivity contribution is 7.92. The Kier molecular flexibility index (Phi) is 10.6. The SMILES string of the molecule is COc1ccc(Cl)cc1N(CC(=O)N(Cc1ccccc1)C(C)C(=O)NCC(C)C)S(=O)(=O)c1ccc(C)cc1. The molecule has 0 saturated carbocycles. The van der Waals surface area contributed by atoms with Gasteiger partial charge in [-0.3, -0.25) is 13.9 Å². The number of benzene rings is 3. The van der Waals surface area contributed by atoms with Crippen LogP contribution in [0, 0.1) is 12.8 Å². The average molecular weight is 586 g/mol. The van der Waals surface area contributed by atoms with Gasteiger partial charge in [0, 0.05) is 18.1 Å². The van der Waals surface area contributed by atoms with Crippen LogP contribution in [0.5, 0.6) is 5.75 Å². The van der Waals surface area contributed by atoms with Crippen LogP contribution in [0.1, 0.15) is 31.9 Å². The van der Waals surface area contributed by atoms with Gasteiger partial charge in [-0.05, 0) is 55.7 Å². The van der Waals surface area contributed by atoms with E-state index in [-0.39, 0.29) is 39.7 Å². The van der Waals surface area contributed by atoms with Gasteiger partial charge in [0.15, 0.2) is 0 Å². The fourth-order valence-corrected chi connectivity index (χ4v) is 5.61. The summed E-state index contributed by atoms with van der Waals surface area (Å²) < 4.78 is 34.4. The van der Waals surface area contributed by atoms with Crippen molar-refractivity contribution in [2.24, 2.45) is 5.92 Å². The molecule has 8 nitrogen and oxygen atoms in total. The lowest BCUT2D eigenvalue weighted by molar-refractivity contribution is -0.139. The van der Waals surface area contributed by atoms with Crippen LogP contribution in [0.15, 0.2) is 77.7 Å². The largest absolute Gasteiger partial charge is 0.495 e. The molecule has 0 radical (unpaired) electrons. The van der Waals surface area contributed by atoms with Crippen LogP contribution in [0.2, 0.25) is 5.02 Å². The number of carbonyl (C=O) groups is 2.